The fourth-order valence-electron chi connectivity index (χ4n) is 1.11. The number of hydrogen-bond acceptors (Lipinski definition) is 3. The molecule has 0 amide bonds. The molecule has 0 radical (unpaired) electrons. The van der Waals surface area contributed by atoms with Gasteiger partial charge in [-0.15, -0.1) is 23.5 Å². The van der Waals surface area contributed by atoms with E-state index in [0.29, 0.717) is 0 Å². The Kier molecular flexibility index (Phi) is 2.86. The highest BCUT2D eigenvalue weighted by molar-refractivity contribution is 8.15. The van der Waals surface area contributed by atoms with Gasteiger partial charge in [0.05, 0.1) is 10.7 Å². The molecule has 4 heteroatoms. The molecule has 13 heavy (non-hydrogen) atoms. The first-order valence-corrected chi connectivity index (χ1v) is 6.42. The van der Waals surface area contributed by atoms with Crippen LogP contribution in [0.25, 0.3) is 0 Å². The van der Waals surface area contributed by atoms with Crippen LogP contribution in [0.4, 0.5) is 5.69 Å². The SMILES string of the molecule is CSC1=Nc2cc(Cl)ccc2SC1. The molecule has 0 unspecified atom stereocenters. The number of nitrogens with zero attached hydrogens (tertiary/aromatic N) is 1. The largest absolute Gasteiger partial charge is 0.244 e. The highest BCUT2D eigenvalue weighted by Crippen LogP contribution is 2.37. The summed E-state index contributed by atoms with van der Waals surface area (Å²) in [6.07, 6.45) is 2.05. The fraction of sp³-hybridized carbons (Fsp3) is 0.222. The summed E-state index contributed by atoms with van der Waals surface area (Å²) in [5, 5.41) is 1.92. The maximum Gasteiger partial charge on any atom is 0.0839 e. The van der Waals surface area contributed by atoms with Gasteiger partial charge in [-0.25, -0.2) is 4.99 Å². The Morgan fingerprint density at radius 1 is 1.54 bits per heavy atom. The number of thioether (sulfide) groups is 2. The molecule has 1 nitrogen and oxygen atoms in total. The zero-order valence-corrected chi connectivity index (χ0v) is 9.47. The molecule has 1 aromatic carbocycles. The summed E-state index contributed by atoms with van der Waals surface area (Å²) < 4.78 is 0. The van der Waals surface area contributed by atoms with Gasteiger partial charge in [0.1, 0.15) is 0 Å². The van der Waals surface area contributed by atoms with Crippen LogP contribution in [0.5, 0.6) is 0 Å². The predicted molar refractivity (Wildman–Crippen MR) is 62.8 cm³/mol. The summed E-state index contributed by atoms with van der Waals surface area (Å²) in [5.41, 5.74) is 1.01. The number of rotatable bonds is 0. The first kappa shape index (κ1) is 9.44. The van der Waals surface area contributed by atoms with E-state index in [-0.39, 0.29) is 0 Å². The zero-order chi connectivity index (χ0) is 9.26. The maximum atomic E-state index is 5.88. The Morgan fingerprint density at radius 3 is 3.15 bits per heavy atom. The minimum Gasteiger partial charge on any atom is -0.244 e. The Hall–Kier alpha value is -0.120. The van der Waals surface area contributed by atoms with Gasteiger partial charge in [0, 0.05) is 15.7 Å². The molecule has 0 aliphatic carbocycles. The fourth-order valence-corrected chi connectivity index (χ4v) is 2.88. The molecule has 0 fully saturated rings. The number of benzene rings is 1. The number of halogens is 1. The molecule has 68 valence electrons. The summed E-state index contributed by atoms with van der Waals surface area (Å²) in [5.74, 6) is 0.982. The van der Waals surface area contributed by atoms with E-state index in [4.69, 9.17) is 11.6 Å². The van der Waals surface area contributed by atoms with Crippen LogP contribution in [0.1, 0.15) is 0 Å². The minimum atomic E-state index is 0.755. The number of hydrogen-bond donors (Lipinski definition) is 0. The van der Waals surface area contributed by atoms with Crippen LogP contribution < -0.4 is 0 Å². The molecule has 0 spiro atoms. The smallest absolute Gasteiger partial charge is 0.0839 e. The Labute approximate surface area is 91.0 Å². The van der Waals surface area contributed by atoms with Gasteiger partial charge >= 0.3 is 0 Å². The van der Waals surface area contributed by atoms with Crippen LogP contribution in [0, 0.1) is 0 Å². The molecule has 1 aliphatic rings. The molecule has 0 N–H and O–H groups in total. The van der Waals surface area contributed by atoms with Crippen LogP contribution in [0.15, 0.2) is 28.1 Å². The topological polar surface area (TPSA) is 12.4 Å². The molecule has 0 aromatic heterocycles. The van der Waals surface area contributed by atoms with E-state index in [1.807, 2.05) is 30.0 Å². The molecule has 0 saturated carbocycles. The summed E-state index contributed by atoms with van der Waals surface area (Å²) in [6.45, 7) is 0. The summed E-state index contributed by atoms with van der Waals surface area (Å²) >= 11 is 9.40. The Morgan fingerprint density at radius 2 is 2.38 bits per heavy atom. The monoisotopic (exact) mass is 229 g/mol. The highest BCUT2D eigenvalue weighted by atomic mass is 35.5. The van der Waals surface area contributed by atoms with Gasteiger partial charge in [0.15, 0.2) is 0 Å². The Bertz CT molecular complexity index is 363. The molecule has 2 rings (SSSR count). The van der Waals surface area contributed by atoms with Crippen molar-refractivity contribution in [3.63, 3.8) is 0 Å². The van der Waals surface area contributed by atoms with Crippen molar-refractivity contribution in [1.29, 1.82) is 0 Å². The van der Waals surface area contributed by atoms with E-state index in [9.17, 15) is 0 Å². The summed E-state index contributed by atoms with van der Waals surface area (Å²) in [6, 6.07) is 5.86. The molecule has 1 aromatic rings. The zero-order valence-electron chi connectivity index (χ0n) is 7.08. The van der Waals surface area contributed by atoms with Crippen LogP contribution >= 0.6 is 35.1 Å². The third-order valence-corrected chi connectivity index (χ3v) is 3.95. The van der Waals surface area contributed by atoms with Gasteiger partial charge in [-0.3, -0.25) is 0 Å². The third-order valence-electron chi connectivity index (χ3n) is 1.75. The van der Waals surface area contributed by atoms with E-state index < -0.39 is 0 Å². The van der Waals surface area contributed by atoms with Crippen LogP contribution in [-0.4, -0.2) is 17.1 Å². The number of fused-ring (bicyclic) bond motifs is 1. The van der Waals surface area contributed by atoms with Gasteiger partial charge in [-0.1, -0.05) is 11.6 Å². The van der Waals surface area contributed by atoms with Crippen molar-refractivity contribution in [3.8, 4) is 0 Å². The van der Waals surface area contributed by atoms with Crippen molar-refractivity contribution in [2.75, 3.05) is 12.0 Å². The predicted octanol–water partition coefficient (Wildman–Crippen LogP) is 3.84. The standard InChI is InChI=1S/C9H8ClNS2/c1-12-9-5-13-8-3-2-6(10)4-7(8)11-9/h2-4H,5H2,1H3. The molecular weight excluding hydrogens is 222 g/mol. The average molecular weight is 230 g/mol. The van der Waals surface area contributed by atoms with Crippen LogP contribution in [-0.2, 0) is 0 Å². The molecule has 1 heterocycles. The van der Waals surface area contributed by atoms with Gasteiger partial charge < -0.3 is 0 Å². The van der Waals surface area contributed by atoms with E-state index in [1.165, 1.54) is 9.94 Å². The second kappa shape index (κ2) is 3.95. The molecule has 0 bridgehead atoms. The summed E-state index contributed by atoms with van der Waals surface area (Å²) in [4.78, 5) is 5.72. The normalized spacial score (nSPS) is 15.1. The summed E-state index contributed by atoms with van der Waals surface area (Å²) in [7, 11) is 0. The first-order chi connectivity index (χ1) is 6.29. The van der Waals surface area contributed by atoms with E-state index in [0.717, 1.165) is 16.5 Å². The first-order valence-electron chi connectivity index (χ1n) is 3.83. The van der Waals surface area contributed by atoms with Crippen molar-refractivity contribution in [1.82, 2.24) is 0 Å². The average Bonchev–Trinajstić information content (AvgIpc) is 2.16. The quantitative estimate of drug-likeness (QED) is 0.670. The van der Waals surface area contributed by atoms with E-state index in [1.54, 1.807) is 11.8 Å². The molecule has 0 saturated heterocycles. The van der Waals surface area contributed by atoms with E-state index >= 15 is 0 Å². The van der Waals surface area contributed by atoms with Crippen molar-refractivity contribution in [2.45, 2.75) is 4.90 Å². The molecule has 1 aliphatic heterocycles. The number of aliphatic imine (C=N–C) groups is 1. The lowest BCUT2D eigenvalue weighted by Crippen LogP contribution is -1.99. The Balaban J connectivity index is 2.44. The lowest BCUT2D eigenvalue weighted by atomic mass is 10.3. The van der Waals surface area contributed by atoms with Crippen LogP contribution in [0.3, 0.4) is 0 Å². The van der Waals surface area contributed by atoms with Crippen molar-refractivity contribution in [3.05, 3.63) is 23.2 Å². The van der Waals surface area contributed by atoms with Gasteiger partial charge in [-0.05, 0) is 24.5 Å². The highest BCUT2D eigenvalue weighted by Gasteiger charge is 2.11. The van der Waals surface area contributed by atoms with Crippen molar-refractivity contribution >= 4 is 45.9 Å². The lowest BCUT2D eigenvalue weighted by Gasteiger charge is -2.13. The second-order valence-corrected chi connectivity index (χ2v) is 4.94. The van der Waals surface area contributed by atoms with E-state index in [2.05, 4.69) is 11.2 Å². The third kappa shape index (κ3) is 2.03. The van der Waals surface area contributed by atoms with Crippen LogP contribution in [0.2, 0.25) is 5.02 Å². The second-order valence-electron chi connectivity index (χ2n) is 2.61. The minimum absolute atomic E-state index is 0.755. The van der Waals surface area contributed by atoms with Gasteiger partial charge in [-0.2, -0.15) is 0 Å². The van der Waals surface area contributed by atoms with Crippen molar-refractivity contribution < 1.29 is 0 Å². The lowest BCUT2D eigenvalue weighted by molar-refractivity contribution is 1.36. The van der Waals surface area contributed by atoms with Crippen molar-refractivity contribution in [2.24, 2.45) is 4.99 Å². The van der Waals surface area contributed by atoms with Gasteiger partial charge in [0.2, 0.25) is 0 Å². The van der Waals surface area contributed by atoms with Gasteiger partial charge in [0.25, 0.3) is 0 Å². The molecular formula is C9H8ClNS2. The maximum absolute atomic E-state index is 5.88. The molecule has 0 atom stereocenters.